The zero-order chi connectivity index (χ0) is 15.9. The maximum absolute atomic E-state index is 12.7. The Bertz CT molecular complexity index is 840. The number of amides is 1. The highest BCUT2D eigenvalue weighted by molar-refractivity contribution is 5.97. The second-order valence-corrected chi connectivity index (χ2v) is 5.51. The lowest BCUT2D eigenvalue weighted by Gasteiger charge is -2.38. The van der Waals surface area contributed by atoms with Gasteiger partial charge in [0, 0.05) is 31.4 Å². The van der Waals surface area contributed by atoms with Crippen molar-refractivity contribution in [2.45, 2.75) is 25.9 Å². The number of hydrogen-bond donors (Lipinski definition) is 3. The van der Waals surface area contributed by atoms with Crippen LogP contribution in [0.3, 0.4) is 0 Å². The van der Waals surface area contributed by atoms with Gasteiger partial charge in [-0.2, -0.15) is 0 Å². The quantitative estimate of drug-likeness (QED) is 0.653. The Hall–Kier alpha value is -2.48. The van der Waals surface area contributed by atoms with Crippen molar-refractivity contribution in [1.29, 1.82) is 0 Å². The highest BCUT2D eigenvalue weighted by Crippen LogP contribution is 2.14. The predicted molar refractivity (Wildman–Crippen MR) is 80.9 cm³/mol. The van der Waals surface area contributed by atoms with Gasteiger partial charge in [-0.3, -0.25) is 19.6 Å². The zero-order valence-corrected chi connectivity index (χ0v) is 12.3. The van der Waals surface area contributed by atoms with Crippen molar-refractivity contribution in [2.24, 2.45) is 0 Å². The first kappa shape index (κ1) is 14.5. The van der Waals surface area contributed by atoms with E-state index >= 15 is 0 Å². The van der Waals surface area contributed by atoms with Gasteiger partial charge in [0.1, 0.15) is 5.65 Å². The van der Waals surface area contributed by atoms with Crippen LogP contribution in [-0.4, -0.2) is 50.9 Å². The summed E-state index contributed by atoms with van der Waals surface area (Å²) in [5.41, 5.74) is -0.658. The fraction of sp³-hybridized carbons (Fsp3) is 0.429. The van der Waals surface area contributed by atoms with Gasteiger partial charge in [-0.1, -0.05) is 0 Å². The van der Waals surface area contributed by atoms with Gasteiger partial charge in [0.05, 0.1) is 10.9 Å². The van der Waals surface area contributed by atoms with E-state index in [-0.39, 0.29) is 29.0 Å². The summed E-state index contributed by atoms with van der Waals surface area (Å²) in [6.45, 7) is 5.34. The summed E-state index contributed by atoms with van der Waals surface area (Å²) in [5, 5.41) is 3.50. The minimum Gasteiger partial charge on any atom is -0.333 e. The number of fused-ring (bicyclic) bond motifs is 1. The predicted octanol–water partition coefficient (Wildman–Crippen LogP) is -0.566. The standard InChI is InChI=1S/C14H17N5O3/c1-7-8(2)19(4-3-15-7)13(21)9-5-10-11(16-6-9)17-14(22)18-12(10)20/h5-8,15H,3-4H2,1-2H3,(H2,16,17,18,20,22). The first-order valence-electron chi connectivity index (χ1n) is 7.14. The van der Waals surface area contributed by atoms with Crippen molar-refractivity contribution in [3.8, 4) is 0 Å². The Morgan fingerprint density at radius 2 is 2.09 bits per heavy atom. The van der Waals surface area contributed by atoms with Crippen LogP contribution in [0.1, 0.15) is 24.2 Å². The van der Waals surface area contributed by atoms with Crippen molar-refractivity contribution in [2.75, 3.05) is 13.1 Å². The summed E-state index contributed by atoms with van der Waals surface area (Å²) >= 11 is 0. The zero-order valence-electron chi connectivity index (χ0n) is 12.3. The molecule has 1 aliphatic rings. The molecule has 1 amide bonds. The number of nitrogens with zero attached hydrogens (tertiary/aromatic N) is 2. The Balaban J connectivity index is 2.01. The SMILES string of the molecule is CC1NCCN(C(=O)c2cnc3[nH]c(=O)[nH]c(=O)c3c2)C1C. The molecule has 3 rings (SSSR count). The van der Waals surface area contributed by atoms with Crippen LogP contribution in [0, 0.1) is 0 Å². The third-order valence-electron chi connectivity index (χ3n) is 4.13. The minimum absolute atomic E-state index is 0.0470. The highest BCUT2D eigenvalue weighted by atomic mass is 16.2. The summed E-state index contributed by atoms with van der Waals surface area (Å²) in [5.74, 6) is -0.166. The van der Waals surface area contributed by atoms with Gasteiger partial charge in [-0.05, 0) is 19.9 Å². The molecule has 2 unspecified atom stereocenters. The maximum Gasteiger partial charge on any atom is 0.327 e. The summed E-state index contributed by atoms with van der Waals surface area (Å²) < 4.78 is 0. The summed E-state index contributed by atoms with van der Waals surface area (Å²) in [6.07, 6.45) is 1.39. The molecule has 0 radical (unpaired) electrons. The van der Waals surface area contributed by atoms with Crippen molar-refractivity contribution in [3.63, 3.8) is 0 Å². The number of carbonyl (C=O) groups is 1. The van der Waals surface area contributed by atoms with E-state index in [1.54, 1.807) is 4.90 Å². The third kappa shape index (κ3) is 2.41. The van der Waals surface area contributed by atoms with E-state index in [0.717, 1.165) is 6.54 Å². The number of aromatic nitrogens is 3. The van der Waals surface area contributed by atoms with Gasteiger partial charge in [-0.25, -0.2) is 9.78 Å². The smallest absolute Gasteiger partial charge is 0.327 e. The molecule has 0 saturated carbocycles. The van der Waals surface area contributed by atoms with Gasteiger partial charge in [-0.15, -0.1) is 0 Å². The van der Waals surface area contributed by atoms with E-state index < -0.39 is 11.2 Å². The molecule has 8 nitrogen and oxygen atoms in total. The number of pyridine rings is 1. The molecule has 116 valence electrons. The van der Waals surface area contributed by atoms with Crippen LogP contribution in [0.5, 0.6) is 0 Å². The molecule has 1 saturated heterocycles. The number of piperazine rings is 1. The van der Waals surface area contributed by atoms with Crippen LogP contribution in [0.25, 0.3) is 11.0 Å². The number of carbonyl (C=O) groups excluding carboxylic acids is 1. The summed E-state index contributed by atoms with van der Waals surface area (Å²) in [4.78, 5) is 46.0. The maximum atomic E-state index is 12.7. The van der Waals surface area contributed by atoms with Gasteiger partial charge in [0.2, 0.25) is 0 Å². The molecule has 8 heteroatoms. The fourth-order valence-electron chi connectivity index (χ4n) is 2.67. The van der Waals surface area contributed by atoms with Crippen LogP contribution in [-0.2, 0) is 0 Å². The highest BCUT2D eigenvalue weighted by Gasteiger charge is 2.29. The molecule has 22 heavy (non-hydrogen) atoms. The summed E-state index contributed by atoms with van der Waals surface area (Å²) in [7, 11) is 0. The largest absolute Gasteiger partial charge is 0.333 e. The molecule has 2 aromatic rings. The number of hydrogen-bond acceptors (Lipinski definition) is 5. The third-order valence-corrected chi connectivity index (χ3v) is 4.13. The number of H-pyrrole nitrogens is 2. The monoisotopic (exact) mass is 303 g/mol. The molecule has 1 fully saturated rings. The average Bonchev–Trinajstić information content (AvgIpc) is 2.49. The molecular formula is C14H17N5O3. The van der Waals surface area contributed by atoms with Crippen LogP contribution < -0.4 is 16.6 Å². The van der Waals surface area contributed by atoms with Crippen LogP contribution >= 0.6 is 0 Å². The average molecular weight is 303 g/mol. The lowest BCUT2D eigenvalue weighted by molar-refractivity contribution is 0.0602. The Morgan fingerprint density at radius 3 is 2.86 bits per heavy atom. The van der Waals surface area contributed by atoms with Gasteiger partial charge >= 0.3 is 5.69 Å². The Kier molecular flexibility index (Phi) is 3.53. The van der Waals surface area contributed by atoms with Gasteiger partial charge in [0.15, 0.2) is 0 Å². The molecule has 0 bridgehead atoms. The van der Waals surface area contributed by atoms with E-state index in [0.29, 0.717) is 12.1 Å². The minimum atomic E-state index is -0.617. The fourth-order valence-corrected chi connectivity index (χ4v) is 2.67. The Morgan fingerprint density at radius 1 is 1.32 bits per heavy atom. The van der Waals surface area contributed by atoms with E-state index in [1.807, 2.05) is 13.8 Å². The lowest BCUT2D eigenvalue weighted by Crippen LogP contribution is -2.57. The topological polar surface area (TPSA) is 111 Å². The first-order valence-corrected chi connectivity index (χ1v) is 7.14. The molecule has 0 aliphatic carbocycles. The van der Waals surface area contributed by atoms with Crippen LogP contribution in [0.4, 0.5) is 0 Å². The van der Waals surface area contributed by atoms with E-state index in [4.69, 9.17) is 0 Å². The molecular weight excluding hydrogens is 286 g/mol. The van der Waals surface area contributed by atoms with Crippen molar-refractivity contribution in [1.82, 2.24) is 25.2 Å². The lowest BCUT2D eigenvalue weighted by atomic mass is 10.1. The van der Waals surface area contributed by atoms with Gasteiger partial charge in [0.25, 0.3) is 11.5 Å². The van der Waals surface area contributed by atoms with E-state index in [2.05, 4.69) is 20.3 Å². The van der Waals surface area contributed by atoms with Crippen molar-refractivity contribution >= 4 is 16.9 Å². The number of nitrogens with one attached hydrogen (secondary N) is 3. The van der Waals surface area contributed by atoms with Crippen molar-refractivity contribution in [3.05, 3.63) is 38.7 Å². The van der Waals surface area contributed by atoms with Crippen LogP contribution in [0.15, 0.2) is 21.9 Å². The molecule has 1 aliphatic heterocycles. The van der Waals surface area contributed by atoms with Crippen molar-refractivity contribution < 1.29 is 4.79 Å². The second-order valence-electron chi connectivity index (χ2n) is 5.51. The first-order chi connectivity index (χ1) is 10.5. The molecule has 3 N–H and O–H groups in total. The van der Waals surface area contributed by atoms with E-state index in [9.17, 15) is 14.4 Å². The Labute approximate surface area is 125 Å². The van der Waals surface area contributed by atoms with Crippen LogP contribution in [0.2, 0.25) is 0 Å². The normalized spacial score (nSPS) is 22.0. The number of rotatable bonds is 1. The number of aromatic amines is 2. The van der Waals surface area contributed by atoms with E-state index in [1.165, 1.54) is 12.3 Å². The van der Waals surface area contributed by atoms with Gasteiger partial charge < -0.3 is 10.2 Å². The molecule has 3 heterocycles. The summed E-state index contributed by atoms with van der Waals surface area (Å²) in [6, 6.07) is 1.72. The molecule has 2 aromatic heterocycles. The second kappa shape index (κ2) is 5.38. The molecule has 2 atom stereocenters. The molecule has 0 aromatic carbocycles. The molecule has 0 spiro atoms.